The average Bonchev–Trinajstić information content (AvgIpc) is 3.05. The molecule has 0 spiro atoms. The number of hydrogen-bond donors (Lipinski definition) is 1. The molecule has 0 fully saturated rings. The van der Waals surface area contributed by atoms with Crippen molar-refractivity contribution in [3.63, 3.8) is 0 Å². The van der Waals surface area contributed by atoms with Gasteiger partial charge >= 0.3 is 18.0 Å². The Morgan fingerprint density at radius 3 is 2.00 bits per heavy atom. The first kappa shape index (κ1) is 20.4. The van der Waals surface area contributed by atoms with Gasteiger partial charge in [0.15, 0.2) is 0 Å². The smallest absolute Gasteiger partial charge is 0.408 e. The van der Waals surface area contributed by atoms with Crippen molar-refractivity contribution in [1.82, 2.24) is 5.32 Å². The first-order valence-corrected chi connectivity index (χ1v) is 9.18. The summed E-state index contributed by atoms with van der Waals surface area (Å²) < 4.78 is 14.8. The number of methoxy groups -OCH3 is 2. The molecule has 7 heteroatoms. The number of carbonyl (C=O) groups excluding carboxylic acids is 3. The van der Waals surface area contributed by atoms with Crippen LogP contribution in [0.2, 0.25) is 0 Å². The number of alkyl carbamates (subject to hydrolysis) is 1. The molecule has 1 aliphatic carbocycles. The molecule has 0 heterocycles. The zero-order valence-corrected chi connectivity index (χ0v) is 16.6. The third-order valence-electron chi connectivity index (χ3n) is 5.08. The maximum Gasteiger partial charge on any atom is 0.408 e. The third kappa shape index (κ3) is 4.08. The van der Waals surface area contributed by atoms with Crippen LogP contribution in [-0.4, -0.2) is 44.4 Å². The molecule has 3 rings (SSSR count). The standard InChI is InChI=1S/C22H23NO6/c1-22(20(25)28-3,12-19(24)27-2)23-21(26)29-13-18-16-10-6-4-8-14(16)15-9-5-7-11-17(15)18/h4-11,18H,12-13H2,1-3H3,(H,23,26). The van der Waals surface area contributed by atoms with Crippen molar-refractivity contribution in [3.05, 3.63) is 59.7 Å². The van der Waals surface area contributed by atoms with Crippen LogP contribution in [0.1, 0.15) is 30.4 Å². The number of ether oxygens (including phenoxy) is 3. The van der Waals surface area contributed by atoms with Gasteiger partial charge in [-0.1, -0.05) is 48.5 Å². The Hall–Kier alpha value is -3.35. The van der Waals surface area contributed by atoms with Gasteiger partial charge in [-0.2, -0.15) is 0 Å². The summed E-state index contributed by atoms with van der Waals surface area (Å²) in [5.41, 5.74) is 2.78. The number of rotatable bonds is 6. The van der Waals surface area contributed by atoms with Crippen molar-refractivity contribution >= 4 is 18.0 Å². The Morgan fingerprint density at radius 2 is 1.48 bits per heavy atom. The molecule has 0 aromatic heterocycles. The van der Waals surface area contributed by atoms with Crippen molar-refractivity contribution in [2.75, 3.05) is 20.8 Å². The minimum atomic E-state index is -1.59. The maximum absolute atomic E-state index is 12.4. The first-order chi connectivity index (χ1) is 13.9. The van der Waals surface area contributed by atoms with Gasteiger partial charge in [0.25, 0.3) is 0 Å². The normalized spacial score (nSPS) is 14.2. The Morgan fingerprint density at radius 1 is 0.931 bits per heavy atom. The summed E-state index contributed by atoms with van der Waals surface area (Å²) in [7, 11) is 2.38. The van der Waals surface area contributed by atoms with Crippen LogP contribution in [0.3, 0.4) is 0 Å². The minimum absolute atomic E-state index is 0.0926. The topological polar surface area (TPSA) is 90.9 Å². The van der Waals surface area contributed by atoms with Gasteiger partial charge in [0, 0.05) is 5.92 Å². The lowest BCUT2D eigenvalue weighted by Gasteiger charge is -2.26. The zero-order chi connectivity index (χ0) is 21.0. The van der Waals surface area contributed by atoms with E-state index < -0.39 is 23.6 Å². The van der Waals surface area contributed by atoms with E-state index in [2.05, 4.69) is 10.1 Å². The van der Waals surface area contributed by atoms with Gasteiger partial charge < -0.3 is 19.5 Å². The van der Waals surface area contributed by atoms with Gasteiger partial charge in [-0.3, -0.25) is 4.79 Å². The number of esters is 2. The van der Waals surface area contributed by atoms with Crippen LogP contribution in [0, 0.1) is 0 Å². The van der Waals surface area contributed by atoms with Crippen molar-refractivity contribution in [2.24, 2.45) is 0 Å². The first-order valence-electron chi connectivity index (χ1n) is 9.18. The van der Waals surface area contributed by atoms with Crippen molar-refractivity contribution in [3.8, 4) is 11.1 Å². The number of hydrogen-bond acceptors (Lipinski definition) is 6. The zero-order valence-electron chi connectivity index (χ0n) is 16.6. The molecule has 0 saturated heterocycles. The molecule has 7 nitrogen and oxygen atoms in total. The van der Waals surface area contributed by atoms with E-state index in [9.17, 15) is 14.4 Å². The number of amides is 1. The number of carbonyl (C=O) groups is 3. The maximum atomic E-state index is 12.4. The van der Waals surface area contributed by atoms with Gasteiger partial charge in [0.2, 0.25) is 0 Å². The third-order valence-corrected chi connectivity index (χ3v) is 5.08. The highest BCUT2D eigenvalue weighted by atomic mass is 16.6. The molecule has 0 aliphatic heterocycles. The van der Waals surface area contributed by atoms with E-state index in [4.69, 9.17) is 9.47 Å². The molecule has 0 bridgehead atoms. The number of nitrogens with one attached hydrogen (secondary N) is 1. The summed E-state index contributed by atoms with van der Waals surface area (Å²) in [6.45, 7) is 1.48. The summed E-state index contributed by atoms with van der Waals surface area (Å²) in [4.78, 5) is 36.2. The summed E-state index contributed by atoms with van der Waals surface area (Å²) >= 11 is 0. The van der Waals surface area contributed by atoms with Gasteiger partial charge in [-0.25, -0.2) is 9.59 Å². The van der Waals surface area contributed by atoms with Crippen LogP contribution in [-0.2, 0) is 23.8 Å². The fraction of sp³-hybridized carbons (Fsp3) is 0.318. The van der Waals surface area contributed by atoms with E-state index in [1.807, 2.05) is 48.5 Å². The minimum Gasteiger partial charge on any atom is -0.469 e. The van der Waals surface area contributed by atoms with Crippen LogP contribution in [0.5, 0.6) is 0 Å². The van der Waals surface area contributed by atoms with Crippen LogP contribution in [0.15, 0.2) is 48.5 Å². The Bertz CT molecular complexity index is 895. The van der Waals surface area contributed by atoms with Crippen LogP contribution < -0.4 is 5.32 Å². The molecule has 152 valence electrons. The average molecular weight is 397 g/mol. The predicted octanol–water partition coefficient (Wildman–Crippen LogP) is 3.02. The second-order valence-corrected chi connectivity index (χ2v) is 7.03. The summed E-state index contributed by atoms with van der Waals surface area (Å²) in [6, 6.07) is 15.9. The van der Waals surface area contributed by atoms with E-state index in [-0.39, 0.29) is 18.9 Å². The van der Waals surface area contributed by atoms with Crippen molar-refractivity contribution in [1.29, 1.82) is 0 Å². The molecule has 0 saturated carbocycles. The molecule has 1 amide bonds. The van der Waals surface area contributed by atoms with Gasteiger partial charge in [0.1, 0.15) is 12.1 Å². The molecule has 1 N–H and O–H groups in total. The van der Waals surface area contributed by atoms with E-state index in [1.165, 1.54) is 21.1 Å². The van der Waals surface area contributed by atoms with Crippen molar-refractivity contribution < 1.29 is 28.6 Å². The monoisotopic (exact) mass is 397 g/mol. The van der Waals surface area contributed by atoms with Gasteiger partial charge in [-0.05, 0) is 29.2 Å². The highest BCUT2D eigenvalue weighted by molar-refractivity contribution is 5.90. The molecule has 1 aliphatic rings. The molecule has 29 heavy (non-hydrogen) atoms. The highest BCUT2D eigenvalue weighted by Gasteiger charge is 2.40. The van der Waals surface area contributed by atoms with Crippen LogP contribution in [0.4, 0.5) is 4.79 Å². The quantitative estimate of drug-likeness (QED) is 0.595. The van der Waals surface area contributed by atoms with Gasteiger partial charge in [-0.15, -0.1) is 0 Å². The van der Waals surface area contributed by atoms with Crippen molar-refractivity contribution in [2.45, 2.75) is 24.8 Å². The molecule has 2 aromatic rings. The molecular weight excluding hydrogens is 374 g/mol. The summed E-state index contributed by atoms with van der Waals surface area (Å²) in [5.74, 6) is -1.54. The second kappa shape index (κ2) is 8.34. The lowest BCUT2D eigenvalue weighted by Crippen LogP contribution is -2.54. The van der Waals surface area contributed by atoms with E-state index >= 15 is 0 Å². The van der Waals surface area contributed by atoms with Crippen LogP contribution >= 0.6 is 0 Å². The Balaban J connectivity index is 1.73. The molecular formula is C22H23NO6. The Labute approximate surface area is 169 Å². The summed E-state index contributed by atoms with van der Waals surface area (Å²) in [5, 5.41) is 2.44. The second-order valence-electron chi connectivity index (χ2n) is 7.03. The van der Waals surface area contributed by atoms with Crippen LogP contribution in [0.25, 0.3) is 11.1 Å². The predicted molar refractivity (Wildman–Crippen MR) is 105 cm³/mol. The molecule has 1 unspecified atom stereocenters. The van der Waals surface area contributed by atoms with Gasteiger partial charge in [0.05, 0.1) is 20.6 Å². The largest absolute Gasteiger partial charge is 0.469 e. The number of benzene rings is 2. The number of fused-ring (bicyclic) bond motifs is 3. The highest BCUT2D eigenvalue weighted by Crippen LogP contribution is 2.44. The summed E-state index contributed by atoms with van der Waals surface area (Å²) in [6.07, 6.45) is -1.19. The van der Waals surface area contributed by atoms with E-state index in [0.29, 0.717) is 0 Å². The SMILES string of the molecule is COC(=O)CC(C)(NC(=O)OCC1c2ccccc2-c2ccccc21)C(=O)OC. The molecule has 1 atom stereocenters. The fourth-order valence-corrected chi connectivity index (χ4v) is 3.61. The lowest BCUT2D eigenvalue weighted by atomic mass is 9.98. The van der Waals surface area contributed by atoms with E-state index in [0.717, 1.165) is 22.3 Å². The van der Waals surface area contributed by atoms with E-state index in [1.54, 1.807) is 0 Å². The fourth-order valence-electron chi connectivity index (χ4n) is 3.61. The Kier molecular flexibility index (Phi) is 5.87. The lowest BCUT2D eigenvalue weighted by molar-refractivity contribution is -0.154. The molecule has 2 aromatic carbocycles. The molecule has 0 radical (unpaired) electrons.